The molecule has 1 aromatic heterocycles. The van der Waals surface area contributed by atoms with Crippen molar-refractivity contribution < 1.29 is 14.3 Å². The van der Waals surface area contributed by atoms with E-state index in [2.05, 4.69) is 5.92 Å². The summed E-state index contributed by atoms with van der Waals surface area (Å²) in [5, 5.41) is 0.928. The van der Waals surface area contributed by atoms with Gasteiger partial charge in [0.25, 0.3) is 0 Å². The van der Waals surface area contributed by atoms with Crippen LogP contribution in [0.2, 0.25) is 0 Å². The van der Waals surface area contributed by atoms with Crippen LogP contribution in [0.25, 0.3) is 10.9 Å². The molecule has 1 aromatic carbocycles. The van der Waals surface area contributed by atoms with E-state index in [0.717, 1.165) is 10.9 Å². The predicted octanol–water partition coefficient (Wildman–Crippen LogP) is 4.22. The summed E-state index contributed by atoms with van der Waals surface area (Å²) in [5.41, 5.74) is -0.538. The highest BCUT2D eigenvalue weighted by molar-refractivity contribution is 5.90. The van der Waals surface area contributed by atoms with Gasteiger partial charge in [0.05, 0.1) is 5.52 Å². The molecule has 0 saturated carbocycles. The quantitative estimate of drug-likeness (QED) is 0.780. The first-order valence-electron chi connectivity index (χ1n) is 7.12. The van der Waals surface area contributed by atoms with Crippen LogP contribution in [0.15, 0.2) is 30.5 Å². The Balaban J connectivity index is 2.38. The van der Waals surface area contributed by atoms with Crippen LogP contribution >= 0.6 is 0 Å². The highest BCUT2D eigenvalue weighted by atomic mass is 16.6. The van der Waals surface area contributed by atoms with Gasteiger partial charge in [-0.2, -0.15) is 0 Å². The highest BCUT2D eigenvalue weighted by Gasteiger charge is 2.20. The molecule has 116 valence electrons. The summed E-state index contributed by atoms with van der Waals surface area (Å²) in [7, 11) is 0. The summed E-state index contributed by atoms with van der Waals surface area (Å²) in [6.45, 7) is 9.12. The van der Waals surface area contributed by atoms with Gasteiger partial charge in [-0.05, 0) is 52.8 Å². The normalized spacial score (nSPS) is 12.0. The van der Waals surface area contributed by atoms with Crippen molar-refractivity contribution in [3.8, 4) is 18.1 Å². The molecule has 0 aliphatic rings. The number of benzene rings is 1. The zero-order chi connectivity index (χ0) is 16.5. The molecule has 0 radical (unpaired) electrons. The summed E-state index contributed by atoms with van der Waals surface area (Å²) >= 11 is 0. The molecule has 0 fully saturated rings. The molecule has 0 atom stereocenters. The fourth-order valence-electron chi connectivity index (χ4n) is 1.97. The van der Waals surface area contributed by atoms with E-state index >= 15 is 0 Å². The Hall–Kier alpha value is -2.41. The number of hydrogen-bond donors (Lipinski definition) is 0. The van der Waals surface area contributed by atoms with E-state index in [-0.39, 0.29) is 0 Å². The first-order chi connectivity index (χ1) is 10.1. The van der Waals surface area contributed by atoms with Gasteiger partial charge in [0.15, 0.2) is 5.60 Å². The van der Waals surface area contributed by atoms with Crippen molar-refractivity contribution in [2.45, 2.75) is 45.8 Å². The van der Waals surface area contributed by atoms with Crippen molar-refractivity contribution in [3.63, 3.8) is 0 Å². The molecule has 0 aliphatic heterocycles. The van der Waals surface area contributed by atoms with E-state index in [1.54, 1.807) is 12.3 Å². The minimum atomic E-state index is -0.711. The Morgan fingerprint density at radius 3 is 2.45 bits per heavy atom. The fraction of sp³-hybridized carbons (Fsp3) is 0.389. The number of nitrogens with zero attached hydrogens (tertiary/aromatic N) is 1. The molecule has 0 aliphatic carbocycles. The number of terminal acetylenes is 1. The van der Waals surface area contributed by atoms with Crippen molar-refractivity contribution in [1.82, 2.24) is 4.57 Å². The van der Waals surface area contributed by atoms with Gasteiger partial charge in [-0.1, -0.05) is 5.92 Å². The Morgan fingerprint density at radius 2 is 1.86 bits per heavy atom. The van der Waals surface area contributed by atoms with Crippen LogP contribution in [-0.2, 0) is 4.74 Å². The van der Waals surface area contributed by atoms with Crippen LogP contribution in [0.4, 0.5) is 4.79 Å². The molecule has 0 saturated heterocycles. The van der Waals surface area contributed by atoms with Crippen LogP contribution in [0, 0.1) is 12.3 Å². The van der Waals surface area contributed by atoms with Gasteiger partial charge >= 0.3 is 6.09 Å². The summed E-state index contributed by atoms with van der Waals surface area (Å²) in [5.74, 6) is 3.19. The molecule has 0 N–H and O–H groups in total. The number of ether oxygens (including phenoxy) is 2. The van der Waals surface area contributed by atoms with Gasteiger partial charge in [-0.3, -0.25) is 4.57 Å². The van der Waals surface area contributed by atoms with E-state index in [0.29, 0.717) is 5.75 Å². The topological polar surface area (TPSA) is 40.5 Å². The first-order valence-corrected chi connectivity index (χ1v) is 7.12. The largest absolute Gasteiger partial charge is 0.475 e. The molecule has 4 heteroatoms. The van der Waals surface area contributed by atoms with Crippen LogP contribution in [0.3, 0.4) is 0 Å². The van der Waals surface area contributed by atoms with Gasteiger partial charge < -0.3 is 9.47 Å². The maximum atomic E-state index is 12.3. The molecule has 0 amide bonds. The zero-order valence-electron chi connectivity index (χ0n) is 13.6. The standard InChI is InChI=1S/C18H21NO3/c1-7-18(5,6)21-14-9-8-13-10-11-19(15(13)12-14)16(20)22-17(2,3)4/h1,8-12H,2-6H3. The van der Waals surface area contributed by atoms with Crippen molar-refractivity contribution >= 4 is 17.0 Å². The summed E-state index contributed by atoms with van der Waals surface area (Å²) in [6, 6.07) is 7.37. The third-order valence-electron chi connectivity index (χ3n) is 2.98. The lowest BCUT2D eigenvalue weighted by Gasteiger charge is -2.21. The summed E-state index contributed by atoms with van der Waals surface area (Å²) in [4.78, 5) is 12.3. The maximum absolute atomic E-state index is 12.3. The molecule has 1 heterocycles. The minimum absolute atomic E-state index is 0.420. The summed E-state index contributed by atoms with van der Waals surface area (Å²) in [6.07, 6.45) is 6.71. The lowest BCUT2D eigenvalue weighted by atomic mass is 10.1. The maximum Gasteiger partial charge on any atom is 0.418 e. The third kappa shape index (κ3) is 3.62. The van der Waals surface area contributed by atoms with E-state index < -0.39 is 17.3 Å². The number of fused-ring (bicyclic) bond motifs is 1. The van der Waals surface area contributed by atoms with E-state index in [9.17, 15) is 4.79 Å². The SMILES string of the molecule is C#CC(C)(C)Oc1ccc2ccn(C(=O)OC(C)(C)C)c2c1. The second-order valence-corrected chi connectivity index (χ2v) is 6.64. The molecule has 22 heavy (non-hydrogen) atoms. The Bertz CT molecular complexity index is 742. The van der Waals surface area contributed by atoms with Gasteiger partial charge in [0.2, 0.25) is 0 Å². The second kappa shape index (κ2) is 5.42. The van der Waals surface area contributed by atoms with E-state index in [1.807, 2.05) is 52.8 Å². The first kappa shape index (κ1) is 16.0. The Labute approximate surface area is 131 Å². The predicted molar refractivity (Wildman–Crippen MR) is 87.1 cm³/mol. The van der Waals surface area contributed by atoms with Gasteiger partial charge in [-0.15, -0.1) is 6.42 Å². The molecular formula is C18H21NO3. The lowest BCUT2D eigenvalue weighted by Crippen LogP contribution is -2.27. The molecule has 0 bridgehead atoms. The van der Waals surface area contributed by atoms with Crippen molar-refractivity contribution in [2.24, 2.45) is 0 Å². The van der Waals surface area contributed by atoms with E-state index in [4.69, 9.17) is 15.9 Å². The fourth-order valence-corrected chi connectivity index (χ4v) is 1.97. The van der Waals surface area contributed by atoms with Gasteiger partial charge in [0.1, 0.15) is 11.4 Å². The van der Waals surface area contributed by atoms with E-state index in [1.165, 1.54) is 4.57 Å². The smallest absolute Gasteiger partial charge is 0.418 e. The van der Waals surface area contributed by atoms with Crippen LogP contribution < -0.4 is 4.74 Å². The van der Waals surface area contributed by atoms with Gasteiger partial charge in [0, 0.05) is 17.6 Å². The molecule has 4 nitrogen and oxygen atoms in total. The average molecular weight is 299 g/mol. The molecule has 0 spiro atoms. The molecule has 0 unspecified atom stereocenters. The number of hydrogen-bond acceptors (Lipinski definition) is 3. The number of aromatic nitrogens is 1. The second-order valence-electron chi connectivity index (χ2n) is 6.64. The van der Waals surface area contributed by atoms with Crippen molar-refractivity contribution in [2.75, 3.05) is 0 Å². The summed E-state index contributed by atoms with van der Waals surface area (Å²) < 4.78 is 12.6. The lowest BCUT2D eigenvalue weighted by molar-refractivity contribution is 0.0544. The van der Waals surface area contributed by atoms with Crippen molar-refractivity contribution in [1.29, 1.82) is 0 Å². The number of carbonyl (C=O) groups is 1. The Morgan fingerprint density at radius 1 is 1.18 bits per heavy atom. The molecule has 2 rings (SSSR count). The third-order valence-corrected chi connectivity index (χ3v) is 2.98. The molecule has 2 aromatic rings. The average Bonchev–Trinajstić information content (AvgIpc) is 2.79. The number of rotatable bonds is 2. The zero-order valence-corrected chi connectivity index (χ0v) is 13.6. The van der Waals surface area contributed by atoms with Crippen molar-refractivity contribution in [3.05, 3.63) is 30.5 Å². The Kier molecular flexibility index (Phi) is 3.93. The van der Waals surface area contributed by atoms with Crippen LogP contribution in [0.5, 0.6) is 5.75 Å². The molecular weight excluding hydrogens is 278 g/mol. The number of carbonyl (C=O) groups excluding carboxylic acids is 1. The van der Waals surface area contributed by atoms with Crippen LogP contribution in [0.1, 0.15) is 34.6 Å². The van der Waals surface area contributed by atoms with Crippen LogP contribution in [-0.4, -0.2) is 21.9 Å². The highest BCUT2D eigenvalue weighted by Crippen LogP contribution is 2.25. The van der Waals surface area contributed by atoms with Gasteiger partial charge in [-0.25, -0.2) is 4.79 Å². The monoisotopic (exact) mass is 299 g/mol. The minimum Gasteiger partial charge on any atom is -0.475 e.